The number of carbonyl (C=O) groups is 1. The Balaban J connectivity index is 2.51. The van der Waals surface area contributed by atoms with Crippen LogP contribution in [0.1, 0.15) is 6.92 Å². The molecule has 0 saturated carbocycles. The third-order valence-corrected chi connectivity index (χ3v) is 1.72. The first-order valence-corrected chi connectivity index (χ1v) is 3.98. The predicted octanol–water partition coefficient (Wildman–Crippen LogP) is 1.29. The van der Waals surface area contributed by atoms with Crippen molar-refractivity contribution in [3.05, 3.63) is 30.5 Å². The Kier molecular flexibility index (Phi) is 1.73. The normalized spacial score (nSPS) is 10.2. The first-order valence-electron chi connectivity index (χ1n) is 3.98. The maximum atomic E-state index is 10.8. The molecule has 4 heteroatoms. The number of amides is 1. The van der Waals surface area contributed by atoms with Crippen molar-refractivity contribution in [2.75, 3.05) is 5.32 Å². The van der Waals surface area contributed by atoms with Gasteiger partial charge in [0.25, 0.3) is 0 Å². The third kappa shape index (κ3) is 1.38. The summed E-state index contributed by atoms with van der Waals surface area (Å²) in [6.07, 6.45) is 1.68. The van der Waals surface area contributed by atoms with Crippen LogP contribution >= 0.6 is 0 Å². The van der Waals surface area contributed by atoms with Crippen molar-refractivity contribution in [2.45, 2.75) is 6.92 Å². The third-order valence-electron chi connectivity index (χ3n) is 1.72. The van der Waals surface area contributed by atoms with Crippen molar-refractivity contribution < 1.29 is 4.79 Å². The van der Waals surface area contributed by atoms with E-state index in [1.165, 1.54) is 6.92 Å². The number of rotatable bonds is 1. The van der Waals surface area contributed by atoms with Gasteiger partial charge in [0.05, 0.1) is 5.52 Å². The smallest absolute Gasteiger partial charge is 0.222 e. The highest BCUT2D eigenvalue weighted by atomic mass is 16.1. The number of fused-ring (bicyclic) bond motifs is 1. The molecule has 0 unspecified atom stereocenters. The molecule has 0 aliphatic heterocycles. The lowest BCUT2D eigenvalue weighted by atomic mass is 10.5. The zero-order chi connectivity index (χ0) is 9.26. The first kappa shape index (κ1) is 7.79. The molecule has 1 amide bonds. The molecule has 0 aliphatic rings. The Labute approximate surface area is 75.2 Å². The number of anilines is 1. The molecule has 13 heavy (non-hydrogen) atoms. The van der Waals surface area contributed by atoms with E-state index < -0.39 is 0 Å². The zero-order valence-electron chi connectivity index (χ0n) is 7.19. The van der Waals surface area contributed by atoms with Gasteiger partial charge in [-0.2, -0.15) is 5.10 Å². The maximum Gasteiger partial charge on any atom is 0.222 e. The fraction of sp³-hybridized carbons (Fsp3) is 0.111. The number of hydrogen-bond acceptors (Lipinski definition) is 2. The lowest BCUT2D eigenvalue weighted by Gasteiger charge is -2.00. The van der Waals surface area contributed by atoms with E-state index in [0.29, 0.717) is 5.82 Å². The van der Waals surface area contributed by atoms with Crippen LogP contribution in [0.2, 0.25) is 0 Å². The summed E-state index contributed by atoms with van der Waals surface area (Å²) in [7, 11) is 0. The Morgan fingerprint density at radius 1 is 1.46 bits per heavy atom. The second-order valence-corrected chi connectivity index (χ2v) is 2.76. The van der Waals surface area contributed by atoms with E-state index in [0.717, 1.165) is 5.52 Å². The summed E-state index contributed by atoms with van der Waals surface area (Å²) in [5.41, 5.74) is 0.964. The molecule has 4 nitrogen and oxygen atoms in total. The molecule has 0 aromatic carbocycles. The van der Waals surface area contributed by atoms with Gasteiger partial charge in [-0.25, -0.2) is 4.52 Å². The highest BCUT2D eigenvalue weighted by Crippen LogP contribution is 2.11. The quantitative estimate of drug-likeness (QED) is 0.709. The summed E-state index contributed by atoms with van der Waals surface area (Å²) < 4.78 is 1.68. The minimum atomic E-state index is -0.0920. The molecular weight excluding hydrogens is 166 g/mol. The van der Waals surface area contributed by atoms with Crippen LogP contribution in [0, 0.1) is 0 Å². The topological polar surface area (TPSA) is 46.4 Å². The monoisotopic (exact) mass is 175 g/mol. The minimum absolute atomic E-state index is 0.0920. The van der Waals surface area contributed by atoms with Gasteiger partial charge in [-0.1, -0.05) is 0 Å². The van der Waals surface area contributed by atoms with Crippen LogP contribution in [0.5, 0.6) is 0 Å². The van der Waals surface area contributed by atoms with E-state index >= 15 is 0 Å². The molecule has 0 radical (unpaired) electrons. The summed E-state index contributed by atoms with van der Waals surface area (Å²) in [4.78, 5) is 10.8. The second-order valence-electron chi connectivity index (χ2n) is 2.76. The van der Waals surface area contributed by atoms with Crippen LogP contribution in [0.15, 0.2) is 30.5 Å². The van der Waals surface area contributed by atoms with E-state index in [4.69, 9.17) is 0 Å². The van der Waals surface area contributed by atoms with E-state index in [1.807, 2.05) is 24.3 Å². The fourth-order valence-electron chi connectivity index (χ4n) is 1.22. The summed E-state index contributed by atoms with van der Waals surface area (Å²) in [5.74, 6) is 0.605. The van der Waals surface area contributed by atoms with Crippen LogP contribution in [-0.4, -0.2) is 15.5 Å². The largest absolute Gasteiger partial charge is 0.311 e. The van der Waals surface area contributed by atoms with E-state index in [2.05, 4.69) is 10.4 Å². The predicted molar refractivity (Wildman–Crippen MR) is 49.5 cm³/mol. The average Bonchev–Trinajstić information content (AvgIpc) is 2.48. The Hall–Kier alpha value is -1.84. The van der Waals surface area contributed by atoms with Gasteiger partial charge in [-0.15, -0.1) is 0 Å². The summed E-state index contributed by atoms with van der Waals surface area (Å²) in [6, 6.07) is 7.51. The molecule has 2 aromatic heterocycles. The minimum Gasteiger partial charge on any atom is -0.311 e. The summed E-state index contributed by atoms with van der Waals surface area (Å²) in [5, 5.41) is 6.79. The van der Waals surface area contributed by atoms with Crippen LogP contribution in [0.25, 0.3) is 5.52 Å². The van der Waals surface area contributed by atoms with Crippen molar-refractivity contribution in [1.29, 1.82) is 0 Å². The summed E-state index contributed by atoms with van der Waals surface area (Å²) in [6.45, 7) is 1.47. The molecular formula is C9H9N3O. The number of nitrogens with one attached hydrogen (secondary N) is 1. The van der Waals surface area contributed by atoms with E-state index in [1.54, 1.807) is 10.7 Å². The molecule has 0 saturated heterocycles. The zero-order valence-corrected chi connectivity index (χ0v) is 7.19. The molecule has 2 rings (SSSR count). The van der Waals surface area contributed by atoms with Crippen LogP contribution in [0.4, 0.5) is 5.82 Å². The van der Waals surface area contributed by atoms with Gasteiger partial charge in [0.2, 0.25) is 5.91 Å². The Bertz CT molecular complexity index is 447. The number of hydrogen-bond donors (Lipinski definition) is 1. The van der Waals surface area contributed by atoms with Crippen molar-refractivity contribution in [3.63, 3.8) is 0 Å². The lowest BCUT2D eigenvalue weighted by molar-refractivity contribution is -0.114. The molecule has 2 aromatic rings. The first-order chi connectivity index (χ1) is 6.27. The van der Waals surface area contributed by atoms with Crippen LogP contribution < -0.4 is 5.32 Å². The number of carbonyl (C=O) groups excluding carboxylic acids is 1. The maximum absolute atomic E-state index is 10.8. The van der Waals surface area contributed by atoms with Crippen molar-refractivity contribution in [2.24, 2.45) is 0 Å². The van der Waals surface area contributed by atoms with Crippen molar-refractivity contribution in [3.8, 4) is 0 Å². The van der Waals surface area contributed by atoms with Gasteiger partial charge in [0.1, 0.15) is 5.82 Å². The van der Waals surface area contributed by atoms with Crippen LogP contribution in [-0.2, 0) is 4.79 Å². The Morgan fingerprint density at radius 2 is 2.31 bits per heavy atom. The number of aromatic nitrogens is 2. The van der Waals surface area contributed by atoms with Crippen molar-refractivity contribution >= 4 is 17.2 Å². The molecule has 0 atom stereocenters. The average molecular weight is 175 g/mol. The van der Waals surface area contributed by atoms with Gasteiger partial charge < -0.3 is 5.32 Å². The molecule has 0 spiro atoms. The second kappa shape index (κ2) is 2.90. The standard InChI is InChI=1S/C9H9N3O/c1-7(13)11-9-5-4-8-3-2-6-10-12(8)9/h2-6H,1H3,(H,11,13). The van der Waals surface area contributed by atoms with E-state index in [-0.39, 0.29) is 5.91 Å². The molecule has 2 heterocycles. The lowest BCUT2D eigenvalue weighted by Crippen LogP contribution is -2.08. The highest BCUT2D eigenvalue weighted by Gasteiger charge is 2.01. The number of nitrogens with zero attached hydrogens (tertiary/aromatic N) is 2. The van der Waals surface area contributed by atoms with Gasteiger partial charge >= 0.3 is 0 Å². The van der Waals surface area contributed by atoms with Gasteiger partial charge in [0, 0.05) is 13.1 Å². The molecule has 0 aliphatic carbocycles. The fourth-order valence-corrected chi connectivity index (χ4v) is 1.22. The van der Waals surface area contributed by atoms with Gasteiger partial charge in [-0.3, -0.25) is 4.79 Å². The molecule has 0 bridgehead atoms. The SMILES string of the molecule is CC(=O)Nc1ccc2cccnn12. The van der Waals surface area contributed by atoms with Crippen LogP contribution in [0.3, 0.4) is 0 Å². The van der Waals surface area contributed by atoms with Gasteiger partial charge in [-0.05, 0) is 24.3 Å². The Morgan fingerprint density at radius 3 is 3.08 bits per heavy atom. The molecule has 1 N–H and O–H groups in total. The summed E-state index contributed by atoms with van der Waals surface area (Å²) >= 11 is 0. The molecule has 66 valence electrons. The van der Waals surface area contributed by atoms with Crippen molar-refractivity contribution in [1.82, 2.24) is 9.61 Å². The molecule has 0 fully saturated rings. The highest BCUT2D eigenvalue weighted by molar-refractivity contribution is 5.88. The van der Waals surface area contributed by atoms with Gasteiger partial charge in [0.15, 0.2) is 0 Å². The van der Waals surface area contributed by atoms with E-state index in [9.17, 15) is 4.79 Å².